The fraction of sp³-hybridized carbons (Fsp3) is 0.417. The van der Waals surface area contributed by atoms with E-state index < -0.39 is 10.8 Å². The van der Waals surface area contributed by atoms with Crippen LogP contribution in [0.5, 0.6) is 0 Å². The smallest absolute Gasteiger partial charge is 0.175 e. The van der Waals surface area contributed by atoms with Crippen molar-refractivity contribution in [3.8, 4) is 0 Å². The standard InChI is InChI=1S/C12H15ClO2S/c1-12(2,3)16(15)8-11(14)9-4-6-10(13)7-5-9/h4-7H,8H2,1-3H3. The third-order valence-corrected chi connectivity index (χ3v) is 4.25. The van der Waals surface area contributed by atoms with Crippen LogP contribution in [0.1, 0.15) is 31.1 Å². The molecule has 4 heteroatoms. The Morgan fingerprint density at radius 3 is 2.19 bits per heavy atom. The lowest BCUT2D eigenvalue weighted by molar-refractivity contribution is 0.102. The van der Waals surface area contributed by atoms with Gasteiger partial charge in [0, 0.05) is 26.1 Å². The third kappa shape index (κ3) is 3.72. The van der Waals surface area contributed by atoms with Crippen molar-refractivity contribution < 1.29 is 9.00 Å². The molecule has 0 aliphatic heterocycles. The SMILES string of the molecule is CC(C)(C)S(=O)CC(=O)c1ccc(Cl)cc1. The fourth-order valence-electron chi connectivity index (χ4n) is 1.05. The maximum atomic E-state index is 11.8. The van der Waals surface area contributed by atoms with Gasteiger partial charge in [0.2, 0.25) is 0 Å². The Labute approximate surface area is 103 Å². The molecule has 0 saturated carbocycles. The average molecular weight is 259 g/mol. The van der Waals surface area contributed by atoms with Crippen molar-refractivity contribution in [3.63, 3.8) is 0 Å². The second-order valence-corrected chi connectivity index (χ2v) is 7.17. The van der Waals surface area contributed by atoms with E-state index in [0.29, 0.717) is 10.6 Å². The second-order valence-electron chi connectivity index (χ2n) is 4.53. The Balaban J connectivity index is 2.74. The molecule has 0 bridgehead atoms. The molecule has 1 unspecified atom stereocenters. The number of hydrogen-bond acceptors (Lipinski definition) is 2. The zero-order chi connectivity index (χ0) is 12.3. The Hall–Kier alpha value is -0.670. The van der Waals surface area contributed by atoms with Gasteiger partial charge in [0.1, 0.15) is 0 Å². The first-order valence-corrected chi connectivity index (χ1v) is 6.67. The molecule has 2 nitrogen and oxygen atoms in total. The van der Waals surface area contributed by atoms with Crippen molar-refractivity contribution in [3.05, 3.63) is 34.9 Å². The highest BCUT2D eigenvalue weighted by atomic mass is 35.5. The predicted octanol–water partition coefficient (Wildman–Crippen LogP) is 3.07. The van der Waals surface area contributed by atoms with Gasteiger partial charge >= 0.3 is 0 Å². The van der Waals surface area contributed by atoms with Crippen molar-refractivity contribution in [2.75, 3.05) is 5.75 Å². The van der Waals surface area contributed by atoms with Crippen LogP contribution in [-0.2, 0) is 10.8 Å². The summed E-state index contributed by atoms with van der Waals surface area (Å²) in [5, 5.41) is 0.591. The van der Waals surface area contributed by atoms with Gasteiger partial charge in [0.05, 0.1) is 5.75 Å². The maximum absolute atomic E-state index is 11.8. The van der Waals surface area contributed by atoms with Crippen LogP contribution in [0.15, 0.2) is 24.3 Å². The van der Waals surface area contributed by atoms with Crippen LogP contribution < -0.4 is 0 Å². The van der Waals surface area contributed by atoms with Crippen LogP contribution >= 0.6 is 11.6 Å². The Kier molecular flexibility index (Phi) is 4.28. The van der Waals surface area contributed by atoms with Crippen LogP contribution in [0.4, 0.5) is 0 Å². The summed E-state index contributed by atoms with van der Waals surface area (Å²) in [6, 6.07) is 6.64. The Bertz CT molecular complexity index is 404. The number of rotatable bonds is 3. The van der Waals surface area contributed by atoms with Gasteiger partial charge in [-0.05, 0) is 45.0 Å². The van der Waals surface area contributed by atoms with Gasteiger partial charge in [-0.1, -0.05) is 11.6 Å². The molecule has 0 aliphatic carbocycles. The first-order valence-electron chi connectivity index (χ1n) is 4.98. The number of carbonyl (C=O) groups is 1. The normalized spacial score (nSPS) is 13.5. The monoisotopic (exact) mass is 258 g/mol. The number of halogens is 1. The average Bonchev–Trinajstić information content (AvgIpc) is 2.17. The lowest BCUT2D eigenvalue weighted by Crippen LogP contribution is -2.27. The molecule has 1 aromatic carbocycles. The summed E-state index contributed by atoms with van der Waals surface area (Å²) in [5.41, 5.74) is 0.557. The van der Waals surface area contributed by atoms with Crippen molar-refractivity contribution >= 4 is 28.2 Å². The molecule has 16 heavy (non-hydrogen) atoms. The highest BCUT2D eigenvalue weighted by Gasteiger charge is 2.22. The second kappa shape index (κ2) is 5.11. The van der Waals surface area contributed by atoms with E-state index >= 15 is 0 Å². The zero-order valence-electron chi connectivity index (χ0n) is 9.62. The number of hydrogen-bond donors (Lipinski definition) is 0. The van der Waals surface area contributed by atoms with E-state index in [2.05, 4.69) is 0 Å². The molecule has 1 aromatic rings. The molecule has 0 aromatic heterocycles. The minimum absolute atomic E-state index is 0.0606. The van der Waals surface area contributed by atoms with Crippen LogP contribution in [0.3, 0.4) is 0 Å². The summed E-state index contributed by atoms with van der Waals surface area (Å²) in [4.78, 5) is 11.8. The van der Waals surface area contributed by atoms with Gasteiger partial charge < -0.3 is 0 Å². The molecule has 0 amide bonds. The van der Waals surface area contributed by atoms with Gasteiger partial charge in [0.15, 0.2) is 5.78 Å². The van der Waals surface area contributed by atoms with Crippen molar-refractivity contribution in [2.45, 2.75) is 25.5 Å². The molecule has 88 valence electrons. The van der Waals surface area contributed by atoms with Gasteiger partial charge in [-0.25, -0.2) is 0 Å². The van der Waals surface area contributed by atoms with Crippen LogP contribution in [0.2, 0.25) is 5.02 Å². The molecular weight excluding hydrogens is 244 g/mol. The molecule has 1 atom stereocenters. The number of carbonyl (C=O) groups excluding carboxylic acids is 1. The topological polar surface area (TPSA) is 34.1 Å². The van der Waals surface area contributed by atoms with Crippen molar-refractivity contribution in [1.82, 2.24) is 0 Å². The molecule has 0 heterocycles. The number of Topliss-reactive ketones (excluding diaryl/α,β-unsaturated/α-hetero) is 1. The lowest BCUT2D eigenvalue weighted by atomic mass is 10.1. The molecule has 0 fully saturated rings. The van der Waals surface area contributed by atoms with Crippen LogP contribution in [0.25, 0.3) is 0 Å². The van der Waals surface area contributed by atoms with E-state index in [4.69, 9.17) is 11.6 Å². The summed E-state index contributed by atoms with van der Waals surface area (Å²) < 4.78 is 11.4. The fourth-order valence-corrected chi connectivity index (χ4v) is 2.02. The largest absolute Gasteiger partial charge is 0.293 e. The van der Waals surface area contributed by atoms with Crippen LogP contribution in [0, 0.1) is 0 Å². The van der Waals surface area contributed by atoms with E-state index in [0.717, 1.165) is 0 Å². The first-order chi connectivity index (χ1) is 7.30. The summed E-state index contributed by atoms with van der Waals surface area (Å²) in [5.74, 6) is -0.0459. The molecule has 1 rings (SSSR count). The highest BCUT2D eigenvalue weighted by molar-refractivity contribution is 7.87. The van der Waals surface area contributed by atoms with Gasteiger partial charge in [-0.2, -0.15) is 0 Å². The molecule has 0 aliphatic rings. The first kappa shape index (κ1) is 13.4. The predicted molar refractivity (Wildman–Crippen MR) is 68.5 cm³/mol. The number of ketones is 1. The zero-order valence-corrected chi connectivity index (χ0v) is 11.2. The lowest BCUT2D eigenvalue weighted by Gasteiger charge is -2.16. The van der Waals surface area contributed by atoms with E-state index in [9.17, 15) is 9.00 Å². The summed E-state index contributed by atoms with van der Waals surface area (Å²) in [6.45, 7) is 5.58. The summed E-state index contributed by atoms with van der Waals surface area (Å²) >= 11 is 5.72. The molecular formula is C12H15ClO2S. The maximum Gasteiger partial charge on any atom is 0.175 e. The minimum atomic E-state index is -1.16. The van der Waals surface area contributed by atoms with E-state index in [1.54, 1.807) is 24.3 Å². The minimum Gasteiger partial charge on any atom is -0.293 e. The molecule has 0 spiro atoms. The molecule has 0 saturated heterocycles. The summed E-state index contributed by atoms with van der Waals surface area (Å²) in [7, 11) is -1.16. The summed E-state index contributed by atoms with van der Waals surface area (Å²) in [6.07, 6.45) is 0. The van der Waals surface area contributed by atoms with E-state index in [1.807, 2.05) is 20.8 Å². The van der Waals surface area contributed by atoms with Gasteiger partial charge in [0.25, 0.3) is 0 Å². The quantitative estimate of drug-likeness (QED) is 0.781. The highest BCUT2D eigenvalue weighted by Crippen LogP contribution is 2.14. The van der Waals surface area contributed by atoms with Gasteiger partial charge in [-0.3, -0.25) is 9.00 Å². The van der Waals surface area contributed by atoms with E-state index in [1.165, 1.54) is 0 Å². The Morgan fingerprint density at radius 2 is 1.75 bits per heavy atom. The number of benzene rings is 1. The van der Waals surface area contributed by atoms with E-state index in [-0.39, 0.29) is 16.3 Å². The van der Waals surface area contributed by atoms with Crippen molar-refractivity contribution in [1.29, 1.82) is 0 Å². The third-order valence-electron chi connectivity index (χ3n) is 2.11. The van der Waals surface area contributed by atoms with Crippen LogP contribution in [-0.4, -0.2) is 20.5 Å². The van der Waals surface area contributed by atoms with Crippen molar-refractivity contribution in [2.24, 2.45) is 0 Å². The molecule has 0 radical (unpaired) electrons. The van der Waals surface area contributed by atoms with Gasteiger partial charge in [-0.15, -0.1) is 0 Å². The molecule has 0 N–H and O–H groups in total. The Morgan fingerprint density at radius 1 is 1.25 bits per heavy atom.